The molecule has 1 fully saturated rings. The Balaban J connectivity index is 1.34. The van der Waals surface area contributed by atoms with Crippen LogP contribution in [-0.4, -0.2) is 59.4 Å². The van der Waals surface area contributed by atoms with E-state index in [1.807, 2.05) is 60.7 Å². The number of hydrogen-bond donors (Lipinski definition) is 3. The molecule has 0 aliphatic carbocycles. The molecule has 4 rings (SSSR count). The zero-order valence-corrected chi connectivity index (χ0v) is 22.0. The number of ether oxygens (including phenoxy) is 1. The number of halogens is 1. The van der Waals surface area contributed by atoms with E-state index in [-0.39, 0.29) is 6.03 Å². The number of carbonyl (C=O) groups excluding carboxylic acids is 1. The summed E-state index contributed by atoms with van der Waals surface area (Å²) >= 11 is 10.4. The summed E-state index contributed by atoms with van der Waals surface area (Å²) in [4.78, 5) is 23.9. The van der Waals surface area contributed by atoms with Crippen molar-refractivity contribution in [1.82, 2.24) is 19.6 Å². The summed E-state index contributed by atoms with van der Waals surface area (Å²) in [6.45, 7) is 3.74. The number of benzene rings is 2. The van der Waals surface area contributed by atoms with Crippen molar-refractivity contribution in [2.45, 2.75) is 19.4 Å². The first kappa shape index (κ1) is 26.7. The Labute approximate surface area is 227 Å². The van der Waals surface area contributed by atoms with Crippen molar-refractivity contribution in [3.05, 3.63) is 82.6 Å². The van der Waals surface area contributed by atoms with Crippen LogP contribution >= 0.6 is 24.4 Å². The molecule has 1 aromatic heterocycles. The number of aryl methyl sites for hydroxylation is 1. The van der Waals surface area contributed by atoms with Crippen LogP contribution in [0.4, 0.5) is 16.4 Å². The van der Waals surface area contributed by atoms with Gasteiger partial charge in [-0.1, -0.05) is 66.9 Å². The lowest BCUT2D eigenvalue weighted by molar-refractivity contribution is 0.122. The fourth-order valence-electron chi connectivity index (χ4n) is 3.73. The smallest absolute Gasteiger partial charge is 0.327 e. The number of urea groups is 1. The summed E-state index contributed by atoms with van der Waals surface area (Å²) in [7, 11) is 0. The largest absolute Gasteiger partial charge is 0.378 e. The summed E-state index contributed by atoms with van der Waals surface area (Å²) in [6, 6.07) is 18.8. The van der Waals surface area contributed by atoms with Crippen molar-refractivity contribution in [3.63, 3.8) is 0 Å². The van der Waals surface area contributed by atoms with E-state index in [1.54, 1.807) is 6.21 Å². The molecule has 0 atom stereocenters. The Hall–Kier alpha value is -3.34. The summed E-state index contributed by atoms with van der Waals surface area (Å²) in [5, 5.41) is 7.87. The zero-order chi connectivity index (χ0) is 25.9. The maximum atomic E-state index is 12.4. The lowest BCUT2D eigenvalue weighted by Crippen LogP contribution is -2.37. The van der Waals surface area contributed by atoms with Crippen LogP contribution in [0.3, 0.4) is 0 Å². The van der Waals surface area contributed by atoms with Crippen LogP contribution in [0.2, 0.25) is 5.02 Å². The molecular formula is C26H30ClN7O2S. The summed E-state index contributed by atoms with van der Waals surface area (Å²) in [6.07, 6.45) is 2.96. The van der Waals surface area contributed by atoms with Crippen molar-refractivity contribution in [2.75, 3.05) is 43.2 Å². The van der Waals surface area contributed by atoms with Gasteiger partial charge in [0, 0.05) is 37.1 Å². The van der Waals surface area contributed by atoms with Gasteiger partial charge in [-0.05, 0) is 29.7 Å². The van der Waals surface area contributed by atoms with E-state index < -0.39 is 0 Å². The van der Waals surface area contributed by atoms with Gasteiger partial charge in [0.05, 0.1) is 26.0 Å². The van der Waals surface area contributed by atoms with Gasteiger partial charge in [-0.3, -0.25) is 9.73 Å². The molecule has 11 heteroatoms. The van der Waals surface area contributed by atoms with Gasteiger partial charge in [-0.15, -0.1) is 0 Å². The van der Waals surface area contributed by atoms with Crippen LogP contribution in [0, 0.1) is 0 Å². The van der Waals surface area contributed by atoms with Gasteiger partial charge >= 0.3 is 6.03 Å². The highest BCUT2D eigenvalue weighted by atomic mass is 35.5. The number of morpholine rings is 1. The van der Waals surface area contributed by atoms with Crippen molar-refractivity contribution < 1.29 is 9.53 Å². The number of hydrazone groups is 1. The maximum absolute atomic E-state index is 12.4. The number of aromatic nitrogens is 2. The Bertz CT molecular complexity index is 1190. The van der Waals surface area contributed by atoms with Gasteiger partial charge in [0.25, 0.3) is 0 Å². The van der Waals surface area contributed by atoms with Crippen molar-refractivity contribution >= 4 is 48.3 Å². The van der Waals surface area contributed by atoms with Crippen LogP contribution < -0.4 is 15.6 Å². The second kappa shape index (κ2) is 13.8. The van der Waals surface area contributed by atoms with Crippen LogP contribution in [0.5, 0.6) is 0 Å². The monoisotopic (exact) mass is 539 g/mol. The number of hydrogen-bond acceptors (Lipinski definition) is 8. The maximum Gasteiger partial charge on any atom is 0.327 e. The standard InChI is InChI=1S/C26H30ClN7O2S/c27-22-9-4-8-21(16-22)18-29-32-24-17-25(33-12-14-36-15-13-33)31-23(30-24)10-5-11-28-26(35)34(37)19-20-6-2-1-3-7-20/h1-4,6-9,16-18,37H,5,10-15,19H2,(H,28,35)(H,30,31,32). The second-order valence-corrected chi connectivity index (χ2v) is 9.35. The number of rotatable bonds is 10. The van der Waals surface area contributed by atoms with Crippen LogP contribution in [0.25, 0.3) is 0 Å². The van der Waals surface area contributed by atoms with E-state index >= 15 is 0 Å². The van der Waals surface area contributed by atoms with E-state index in [0.717, 1.165) is 30.0 Å². The van der Waals surface area contributed by atoms with E-state index in [2.05, 4.69) is 38.5 Å². The quantitative estimate of drug-likeness (QED) is 0.153. The summed E-state index contributed by atoms with van der Waals surface area (Å²) < 4.78 is 6.84. The van der Waals surface area contributed by atoms with Gasteiger partial charge in [-0.25, -0.2) is 14.8 Å². The molecule has 3 aromatic rings. The molecule has 2 N–H and O–H groups in total. The highest BCUT2D eigenvalue weighted by Gasteiger charge is 2.15. The molecule has 9 nitrogen and oxygen atoms in total. The molecule has 1 aliphatic heterocycles. The van der Waals surface area contributed by atoms with Crippen molar-refractivity contribution in [3.8, 4) is 0 Å². The second-order valence-electron chi connectivity index (χ2n) is 8.43. The predicted molar refractivity (Wildman–Crippen MR) is 150 cm³/mol. The van der Waals surface area contributed by atoms with E-state index in [0.29, 0.717) is 55.8 Å². The molecule has 2 aromatic carbocycles. The number of carbonyl (C=O) groups is 1. The Morgan fingerprint density at radius 3 is 2.73 bits per heavy atom. The molecule has 2 amide bonds. The number of nitrogens with zero attached hydrogens (tertiary/aromatic N) is 5. The molecule has 0 bridgehead atoms. The van der Waals surface area contributed by atoms with Gasteiger partial charge in [0.15, 0.2) is 5.82 Å². The Kier molecular flexibility index (Phi) is 9.98. The average Bonchev–Trinajstić information content (AvgIpc) is 2.92. The minimum absolute atomic E-state index is 0.243. The van der Waals surface area contributed by atoms with Gasteiger partial charge in [0.2, 0.25) is 0 Å². The Morgan fingerprint density at radius 1 is 1.14 bits per heavy atom. The average molecular weight is 540 g/mol. The lowest BCUT2D eigenvalue weighted by atomic mass is 10.2. The highest BCUT2D eigenvalue weighted by molar-refractivity contribution is 7.78. The molecule has 1 saturated heterocycles. The van der Waals surface area contributed by atoms with Gasteiger partial charge in [-0.2, -0.15) is 5.10 Å². The molecule has 37 heavy (non-hydrogen) atoms. The van der Waals surface area contributed by atoms with Crippen molar-refractivity contribution in [2.24, 2.45) is 5.10 Å². The highest BCUT2D eigenvalue weighted by Crippen LogP contribution is 2.18. The first-order valence-electron chi connectivity index (χ1n) is 12.1. The summed E-state index contributed by atoms with van der Waals surface area (Å²) in [5.41, 5.74) is 4.90. The molecule has 1 aliphatic rings. The third-order valence-electron chi connectivity index (χ3n) is 5.60. The van der Waals surface area contributed by atoms with E-state index in [4.69, 9.17) is 21.3 Å². The molecule has 2 heterocycles. The normalized spacial score (nSPS) is 13.5. The minimum Gasteiger partial charge on any atom is -0.378 e. The SMILES string of the molecule is O=C(NCCCc1nc(NN=Cc2cccc(Cl)c2)cc(N2CCOCC2)n1)N(S)Cc1ccccc1. The Morgan fingerprint density at radius 2 is 1.95 bits per heavy atom. The van der Waals surface area contributed by atoms with Crippen molar-refractivity contribution in [1.29, 1.82) is 0 Å². The molecule has 0 radical (unpaired) electrons. The van der Waals surface area contributed by atoms with E-state index in [1.165, 1.54) is 4.31 Å². The predicted octanol–water partition coefficient (Wildman–Crippen LogP) is 4.40. The number of nitrogens with one attached hydrogen (secondary N) is 2. The molecule has 0 spiro atoms. The van der Waals surface area contributed by atoms with Crippen LogP contribution in [0.15, 0.2) is 65.8 Å². The van der Waals surface area contributed by atoms with E-state index in [9.17, 15) is 4.79 Å². The number of thiol groups is 1. The van der Waals surface area contributed by atoms with Gasteiger partial charge < -0.3 is 15.0 Å². The third-order valence-corrected chi connectivity index (χ3v) is 6.16. The third kappa shape index (κ3) is 8.63. The fraction of sp³-hybridized carbons (Fsp3) is 0.308. The first-order chi connectivity index (χ1) is 18.1. The number of anilines is 2. The molecule has 194 valence electrons. The van der Waals surface area contributed by atoms with Crippen LogP contribution in [-0.2, 0) is 17.7 Å². The number of amides is 2. The minimum atomic E-state index is -0.243. The first-order valence-corrected chi connectivity index (χ1v) is 12.9. The molecule has 0 saturated carbocycles. The lowest BCUT2D eigenvalue weighted by Gasteiger charge is -2.28. The molecular weight excluding hydrogens is 510 g/mol. The fourth-order valence-corrected chi connectivity index (χ4v) is 4.16. The summed E-state index contributed by atoms with van der Waals surface area (Å²) in [5.74, 6) is 2.09. The van der Waals surface area contributed by atoms with Crippen LogP contribution in [0.1, 0.15) is 23.4 Å². The zero-order valence-electron chi connectivity index (χ0n) is 20.4. The van der Waals surface area contributed by atoms with Gasteiger partial charge in [0.1, 0.15) is 11.6 Å². The topological polar surface area (TPSA) is 95.0 Å². The molecule has 0 unspecified atom stereocenters.